The van der Waals surface area contributed by atoms with Gasteiger partial charge in [-0.25, -0.2) is 5.43 Å². The van der Waals surface area contributed by atoms with Crippen LogP contribution in [0, 0.1) is 0 Å². The molecule has 0 spiro atoms. The maximum atomic E-state index is 11.7. The monoisotopic (exact) mass is 328 g/mol. The zero-order valence-corrected chi connectivity index (χ0v) is 14.1. The van der Waals surface area contributed by atoms with Crippen molar-refractivity contribution < 1.29 is 9.53 Å². The highest BCUT2D eigenvalue weighted by Gasteiger charge is 2.01. The van der Waals surface area contributed by atoms with Crippen LogP contribution >= 0.6 is 11.8 Å². The molecule has 2 aromatic rings. The lowest BCUT2D eigenvalue weighted by Crippen LogP contribution is -2.24. The van der Waals surface area contributed by atoms with Gasteiger partial charge in [-0.2, -0.15) is 5.10 Å². The van der Waals surface area contributed by atoms with Crippen molar-refractivity contribution in [1.82, 2.24) is 5.43 Å². The van der Waals surface area contributed by atoms with Gasteiger partial charge in [-0.1, -0.05) is 31.2 Å². The Balaban J connectivity index is 1.76. The second-order valence-electron chi connectivity index (χ2n) is 4.85. The van der Waals surface area contributed by atoms with Gasteiger partial charge in [-0.05, 0) is 48.1 Å². The summed E-state index contributed by atoms with van der Waals surface area (Å²) >= 11 is 1.68. The highest BCUT2D eigenvalue weighted by Crippen LogP contribution is 2.14. The first-order valence-electron chi connectivity index (χ1n) is 7.39. The highest BCUT2D eigenvalue weighted by atomic mass is 32.2. The molecule has 0 fully saturated rings. The molecular formula is C18H20N2O2S. The summed E-state index contributed by atoms with van der Waals surface area (Å²) in [5.74, 6) is 0.385. The summed E-state index contributed by atoms with van der Waals surface area (Å²) in [6.07, 6.45) is 4.62. The minimum absolute atomic E-state index is 0.0613. The molecule has 4 nitrogen and oxygen atoms in total. The highest BCUT2D eigenvalue weighted by molar-refractivity contribution is 7.98. The van der Waals surface area contributed by atoms with Crippen LogP contribution < -0.4 is 10.2 Å². The number of hydrogen-bond acceptors (Lipinski definition) is 4. The van der Waals surface area contributed by atoms with Gasteiger partial charge in [0.1, 0.15) is 5.75 Å². The van der Waals surface area contributed by atoms with Crippen molar-refractivity contribution in [2.75, 3.05) is 12.9 Å². The Labute approximate surface area is 140 Å². The van der Waals surface area contributed by atoms with E-state index in [2.05, 4.69) is 17.5 Å². The number of amides is 1. The van der Waals surface area contributed by atoms with Gasteiger partial charge in [0.15, 0.2) is 6.61 Å². The van der Waals surface area contributed by atoms with E-state index >= 15 is 0 Å². The predicted octanol–water partition coefficient (Wildman–Crippen LogP) is 3.50. The summed E-state index contributed by atoms with van der Waals surface area (Å²) in [5, 5.41) is 3.93. The van der Waals surface area contributed by atoms with Crippen LogP contribution in [0.4, 0.5) is 0 Å². The molecule has 2 aromatic carbocycles. The standard InChI is InChI=1S/C18H20N2O2S/c1-3-14-4-8-16(9-5-14)22-13-18(21)20-19-12-15-6-10-17(23-2)11-7-15/h4-12H,3,13H2,1-2H3,(H,20,21)/b19-12+. The number of thioether (sulfide) groups is 1. The fourth-order valence-corrected chi connectivity index (χ4v) is 2.28. The summed E-state index contributed by atoms with van der Waals surface area (Å²) in [5.41, 5.74) is 4.62. The molecule has 0 aliphatic carbocycles. The van der Waals surface area contributed by atoms with Gasteiger partial charge in [0.2, 0.25) is 0 Å². The van der Waals surface area contributed by atoms with Gasteiger partial charge in [0.05, 0.1) is 6.21 Å². The van der Waals surface area contributed by atoms with E-state index in [0.29, 0.717) is 5.75 Å². The third-order valence-electron chi connectivity index (χ3n) is 3.22. The Morgan fingerprint density at radius 2 is 1.87 bits per heavy atom. The molecule has 0 aliphatic heterocycles. The summed E-state index contributed by atoms with van der Waals surface area (Å²) in [6.45, 7) is 2.03. The summed E-state index contributed by atoms with van der Waals surface area (Å²) in [6, 6.07) is 15.6. The molecule has 1 N–H and O–H groups in total. The first-order chi connectivity index (χ1) is 11.2. The first kappa shape index (κ1) is 17.1. The van der Waals surface area contributed by atoms with Crippen molar-refractivity contribution in [1.29, 1.82) is 0 Å². The number of nitrogens with zero attached hydrogens (tertiary/aromatic N) is 1. The van der Waals surface area contributed by atoms with Crippen molar-refractivity contribution in [2.45, 2.75) is 18.2 Å². The lowest BCUT2D eigenvalue weighted by Gasteiger charge is -2.05. The molecule has 120 valence electrons. The summed E-state index contributed by atoms with van der Waals surface area (Å²) < 4.78 is 5.41. The van der Waals surface area contributed by atoms with E-state index in [9.17, 15) is 4.79 Å². The number of hydrogen-bond donors (Lipinski definition) is 1. The van der Waals surface area contributed by atoms with Gasteiger partial charge in [0.25, 0.3) is 5.91 Å². The van der Waals surface area contributed by atoms with Crippen LogP contribution in [0.1, 0.15) is 18.1 Å². The van der Waals surface area contributed by atoms with Gasteiger partial charge < -0.3 is 4.74 Å². The molecule has 0 radical (unpaired) electrons. The quantitative estimate of drug-likeness (QED) is 0.481. The lowest BCUT2D eigenvalue weighted by molar-refractivity contribution is -0.123. The third kappa shape index (κ3) is 5.79. The first-order valence-corrected chi connectivity index (χ1v) is 8.61. The molecule has 0 bridgehead atoms. The number of nitrogens with one attached hydrogen (secondary N) is 1. The number of rotatable bonds is 7. The molecule has 0 atom stereocenters. The molecule has 23 heavy (non-hydrogen) atoms. The average molecular weight is 328 g/mol. The lowest BCUT2D eigenvalue weighted by atomic mass is 10.2. The van der Waals surface area contributed by atoms with E-state index in [4.69, 9.17) is 4.74 Å². The third-order valence-corrected chi connectivity index (χ3v) is 3.96. The zero-order chi connectivity index (χ0) is 16.5. The minimum Gasteiger partial charge on any atom is -0.484 e. The number of benzene rings is 2. The molecule has 2 rings (SSSR count). The van der Waals surface area contributed by atoms with Gasteiger partial charge in [-0.15, -0.1) is 11.8 Å². The number of aryl methyl sites for hydroxylation is 1. The molecule has 5 heteroatoms. The Kier molecular flexibility index (Phi) is 6.69. The molecule has 0 saturated heterocycles. The number of hydrazone groups is 1. The van der Waals surface area contributed by atoms with Crippen LogP contribution in [0.15, 0.2) is 58.5 Å². The van der Waals surface area contributed by atoms with E-state index in [1.807, 2.05) is 54.8 Å². The maximum absolute atomic E-state index is 11.7. The van der Waals surface area contributed by atoms with E-state index in [1.165, 1.54) is 10.5 Å². The van der Waals surface area contributed by atoms with Crippen molar-refractivity contribution in [3.63, 3.8) is 0 Å². The second-order valence-corrected chi connectivity index (χ2v) is 5.73. The zero-order valence-electron chi connectivity index (χ0n) is 13.3. The molecular weight excluding hydrogens is 308 g/mol. The van der Waals surface area contributed by atoms with E-state index in [1.54, 1.807) is 18.0 Å². The van der Waals surface area contributed by atoms with Gasteiger partial charge in [-0.3, -0.25) is 4.79 Å². The smallest absolute Gasteiger partial charge is 0.277 e. The van der Waals surface area contributed by atoms with E-state index in [-0.39, 0.29) is 12.5 Å². The summed E-state index contributed by atoms with van der Waals surface area (Å²) in [7, 11) is 0. The van der Waals surface area contributed by atoms with Crippen LogP contribution in [0.2, 0.25) is 0 Å². The van der Waals surface area contributed by atoms with Crippen LogP contribution in [0.3, 0.4) is 0 Å². The van der Waals surface area contributed by atoms with Crippen molar-refractivity contribution in [2.24, 2.45) is 5.10 Å². The largest absolute Gasteiger partial charge is 0.484 e. The van der Waals surface area contributed by atoms with Crippen molar-refractivity contribution in [3.8, 4) is 5.75 Å². The SMILES string of the molecule is CCc1ccc(OCC(=O)N/N=C/c2ccc(SC)cc2)cc1. The van der Waals surface area contributed by atoms with Crippen LogP contribution in [0.5, 0.6) is 5.75 Å². The fraction of sp³-hybridized carbons (Fsp3) is 0.222. The van der Waals surface area contributed by atoms with E-state index < -0.39 is 0 Å². The molecule has 0 heterocycles. The molecule has 1 amide bonds. The topological polar surface area (TPSA) is 50.7 Å². The number of carbonyl (C=O) groups excluding carboxylic acids is 1. The molecule has 0 aliphatic rings. The molecule has 0 unspecified atom stereocenters. The molecule has 0 aromatic heterocycles. The normalized spacial score (nSPS) is 10.7. The van der Waals surface area contributed by atoms with Crippen molar-refractivity contribution >= 4 is 23.9 Å². The Morgan fingerprint density at radius 1 is 1.17 bits per heavy atom. The van der Waals surface area contributed by atoms with Crippen LogP contribution in [0.25, 0.3) is 0 Å². The Bertz CT molecular complexity index is 652. The number of carbonyl (C=O) groups is 1. The minimum atomic E-state index is -0.290. The second kappa shape index (κ2) is 9.00. The Hall–Kier alpha value is -2.27. The van der Waals surface area contributed by atoms with Crippen LogP contribution in [-0.4, -0.2) is 25.0 Å². The maximum Gasteiger partial charge on any atom is 0.277 e. The fourth-order valence-electron chi connectivity index (χ4n) is 1.87. The van der Waals surface area contributed by atoms with Crippen molar-refractivity contribution in [3.05, 3.63) is 59.7 Å². The van der Waals surface area contributed by atoms with Gasteiger partial charge in [0, 0.05) is 4.90 Å². The average Bonchev–Trinajstić information content (AvgIpc) is 2.61. The Morgan fingerprint density at radius 3 is 2.48 bits per heavy atom. The van der Waals surface area contributed by atoms with Crippen LogP contribution in [-0.2, 0) is 11.2 Å². The summed E-state index contributed by atoms with van der Waals surface area (Å²) in [4.78, 5) is 12.9. The number of ether oxygens (including phenoxy) is 1. The van der Waals surface area contributed by atoms with E-state index in [0.717, 1.165) is 12.0 Å². The predicted molar refractivity (Wildman–Crippen MR) is 95.3 cm³/mol. The molecule has 0 saturated carbocycles. The van der Waals surface area contributed by atoms with Gasteiger partial charge >= 0.3 is 0 Å².